The second-order valence-corrected chi connectivity index (χ2v) is 5.79. The second kappa shape index (κ2) is 10.9. The van der Waals surface area contributed by atoms with Gasteiger partial charge in [-0.05, 0) is 48.0 Å². The van der Waals surface area contributed by atoms with Crippen molar-refractivity contribution in [3.63, 3.8) is 0 Å². The molecule has 0 saturated heterocycles. The van der Waals surface area contributed by atoms with Crippen LogP contribution in [0.2, 0.25) is 0 Å². The van der Waals surface area contributed by atoms with E-state index in [0.717, 1.165) is 0 Å². The van der Waals surface area contributed by atoms with E-state index in [0.29, 0.717) is 28.3 Å². The van der Waals surface area contributed by atoms with Crippen LogP contribution in [0.1, 0.15) is 15.9 Å². The van der Waals surface area contributed by atoms with Crippen LogP contribution in [0, 0.1) is 11.3 Å². The average Bonchev–Trinajstić information content (AvgIpc) is 2.75. The molecule has 0 aliphatic rings. The Bertz CT molecular complexity index is 993. The fourth-order valence-electron chi connectivity index (χ4n) is 2.28. The van der Waals surface area contributed by atoms with Crippen LogP contribution in [0.5, 0.6) is 11.5 Å². The van der Waals surface area contributed by atoms with Crippen LogP contribution in [-0.2, 0) is 14.3 Å². The van der Waals surface area contributed by atoms with Gasteiger partial charge >= 0.3 is 5.97 Å². The standard InChI is InChI=1S/C21H19N3O6/c1-28-18-12-14(2-8-17(18)29-11-10-22)3-9-20(26)30-13-19(25)24-16-6-4-15(5-7-16)21(23)27/h2-9,12H,11,13H2,1H3,(H2,23,27)(H,24,25). The molecule has 2 aromatic carbocycles. The lowest BCUT2D eigenvalue weighted by atomic mass is 10.2. The van der Waals surface area contributed by atoms with E-state index >= 15 is 0 Å². The number of nitriles is 1. The van der Waals surface area contributed by atoms with E-state index in [1.54, 1.807) is 18.2 Å². The Balaban J connectivity index is 1.86. The molecule has 154 valence electrons. The van der Waals surface area contributed by atoms with E-state index in [1.165, 1.54) is 43.5 Å². The number of hydrogen-bond acceptors (Lipinski definition) is 7. The van der Waals surface area contributed by atoms with Gasteiger partial charge in [0.15, 0.2) is 24.7 Å². The highest BCUT2D eigenvalue weighted by atomic mass is 16.5. The number of ether oxygens (including phenoxy) is 3. The Morgan fingerprint density at radius 2 is 1.87 bits per heavy atom. The molecular weight excluding hydrogens is 390 g/mol. The number of nitrogens with zero attached hydrogens (tertiary/aromatic N) is 1. The molecule has 0 heterocycles. The van der Waals surface area contributed by atoms with E-state index in [-0.39, 0.29) is 6.61 Å². The monoisotopic (exact) mass is 409 g/mol. The van der Waals surface area contributed by atoms with Crippen LogP contribution in [0.3, 0.4) is 0 Å². The number of methoxy groups -OCH3 is 1. The van der Waals surface area contributed by atoms with Crippen molar-refractivity contribution in [2.45, 2.75) is 0 Å². The second-order valence-electron chi connectivity index (χ2n) is 5.79. The maximum Gasteiger partial charge on any atom is 0.331 e. The van der Waals surface area contributed by atoms with Crippen molar-refractivity contribution in [3.05, 3.63) is 59.7 Å². The topological polar surface area (TPSA) is 141 Å². The molecule has 2 aromatic rings. The smallest absolute Gasteiger partial charge is 0.331 e. The van der Waals surface area contributed by atoms with Gasteiger partial charge in [-0.15, -0.1) is 0 Å². The van der Waals surface area contributed by atoms with Gasteiger partial charge in [0.1, 0.15) is 6.07 Å². The van der Waals surface area contributed by atoms with Crippen LogP contribution >= 0.6 is 0 Å². The maximum absolute atomic E-state index is 11.9. The largest absolute Gasteiger partial charge is 0.493 e. The molecule has 0 atom stereocenters. The molecule has 0 aromatic heterocycles. The van der Waals surface area contributed by atoms with Crippen molar-refractivity contribution in [2.75, 3.05) is 25.6 Å². The van der Waals surface area contributed by atoms with Crippen molar-refractivity contribution < 1.29 is 28.6 Å². The van der Waals surface area contributed by atoms with Crippen molar-refractivity contribution in [3.8, 4) is 17.6 Å². The zero-order valence-corrected chi connectivity index (χ0v) is 16.1. The third-order valence-electron chi connectivity index (χ3n) is 3.69. The Morgan fingerprint density at radius 1 is 1.13 bits per heavy atom. The Morgan fingerprint density at radius 3 is 2.50 bits per heavy atom. The molecule has 0 aliphatic carbocycles. The van der Waals surface area contributed by atoms with E-state index in [4.69, 9.17) is 25.2 Å². The molecule has 2 rings (SSSR count). The highest BCUT2D eigenvalue weighted by Gasteiger charge is 2.08. The van der Waals surface area contributed by atoms with Crippen molar-refractivity contribution in [1.82, 2.24) is 0 Å². The summed E-state index contributed by atoms with van der Waals surface area (Å²) >= 11 is 0. The minimum absolute atomic E-state index is 0.116. The molecule has 0 fully saturated rings. The van der Waals surface area contributed by atoms with Gasteiger partial charge in [-0.2, -0.15) is 5.26 Å². The van der Waals surface area contributed by atoms with E-state index < -0.39 is 24.4 Å². The molecule has 2 amide bonds. The van der Waals surface area contributed by atoms with Gasteiger partial charge in [-0.25, -0.2) is 4.79 Å². The number of nitrogens with two attached hydrogens (primary N) is 1. The maximum atomic E-state index is 11.9. The number of esters is 1. The summed E-state index contributed by atoms with van der Waals surface area (Å²) in [6.07, 6.45) is 2.65. The summed E-state index contributed by atoms with van der Waals surface area (Å²) in [5.41, 5.74) is 6.52. The summed E-state index contributed by atoms with van der Waals surface area (Å²) in [7, 11) is 1.45. The number of benzene rings is 2. The third-order valence-corrected chi connectivity index (χ3v) is 3.69. The zero-order chi connectivity index (χ0) is 21.9. The molecule has 0 bridgehead atoms. The fraction of sp³-hybridized carbons (Fsp3) is 0.143. The average molecular weight is 409 g/mol. The van der Waals surface area contributed by atoms with Crippen LogP contribution in [0.25, 0.3) is 6.08 Å². The summed E-state index contributed by atoms with van der Waals surface area (Å²) < 4.78 is 15.3. The predicted octanol–water partition coefficient (Wildman–Crippen LogP) is 1.89. The van der Waals surface area contributed by atoms with E-state index in [1.807, 2.05) is 6.07 Å². The van der Waals surface area contributed by atoms with Gasteiger partial charge in [0.25, 0.3) is 5.91 Å². The normalized spacial score (nSPS) is 10.1. The number of rotatable bonds is 9. The Hall–Kier alpha value is -4.32. The third kappa shape index (κ3) is 6.69. The molecule has 30 heavy (non-hydrogen) atoms. The summed E-state index contributed by atoms with van der Waals surface area (Å²) in [5, 5.41) is 11.1. The number of nitrogens with one attached hydrogen (secondary N) is 1. The SMILES string of the molecule is COc1cc(C=CC(=O)OCC(=O)Nc2ccc(C(N)=O)cc2)ccc1OCC#N. The van der Waals surface area contributed by atoms with Gasteiger partial charge in [0, 0.05) is 17.3 Å². The van der Waals surface area contributed by atoms with Gasteiger partial charge in [0.05, 0.1) is 7.11 Å². The summed E-state index contributed by atoms with van der Waals surface area (Å²) in [5.74, 6) is -1.01. The highest BCUT2D eigenvalue weighted by molar-refractivity contribution is 5.96. The molecule has 0 spiro atoms. The molecule has 0 radical (unpaired) electrons. The lowest BCUT2D eigenvalue weighted by molar-refractivity contribution is -0.142. The van der Waals surface area contributed by atoms with Crippen molar-refractivity contribution >= 4 is 29.5 Å². The minimum atomic E-state index is -0.710. The first-order chi connectivity index (χ1) is 14.4. The molecular formula is C21H19N3O6. The number of primary amides is 1. The Labute approximate surface area is 172 Å². The van der Waals surface area contributed by atoms with Gasteiger partial charge < -0.3 is 25.3 Å². The first-order valence-electron chi connectivity index (χ1n) is 8.65. The number of carbonyl (C=O) groups excluding carboxylic acids is 3. The molecule has 0 aliphatic heterocycles. The quantitative estimate of drug-likeness (QED) is 0.476. The number of amides is 2. The molecule has 9 nitrogen and oxygen atoms in total. The van der Waals surface area contributed by atoms with Gasteiger partial charge in [-0.3, -0.25) is 9.59 Å². The molecule has 9 heteroatoms. The highest BCUT2D eigenvalue weighted by Crippen LogP contribution is 2.28. The van der Waals surface area contributed by atoms with Gasteiger partial charge in [0.2, 0.25) is 5.91 Å². The number of hydrogen-bond donors (Lipinski definition) is 2. The predicted molar refractivity (Wildman–Crippen MR) is 108 cm³/mol. The zero-order valence-electron chi connectivity index (χ0n) is 16.1. The van der Waals surface area contributed by atoms with Crippen molar-refractivity contribution in [1.29, 1.82) is 5.26 Å². The first kappa shape index (κ1) is 22.0. The lowest BCUT2D eigenvalue weighted by Gasteiger charge is -2.08. The molecule has 3 N–H and O–H groups in total. The fourth-order valence-corrected chi connectivity index (χ4v) is 2.28. The Kier molecular flexibility index (Phi) is 7.96. The minimum Gasteiger partial charge on any atom is -0.493 e. The number of carbonyl (C=O) groups is 3. The van der Waals surface area contributed by atoms with E-state index in [9.17, 15) is 14.4 Å². The summed E-state index contributed by atoms with van der Waals surface area (Å²) in [6, 6.07) is 12.7. The summed E-state index contributed by atoms with van der Waals surface area (Å²) in [6.45, 7) is -0.597. The van der Waals surface area contributed by atoms with Gasteiger partial charge in [-0.1, -0.05) is 6.07 Å². The summed E-state index contributed by atoms with van der Waals surface area (Å²) in [4.78, 5) is 34.7. The lowest BCUT2D eigenvalue weighted by Crippen LogP contribution is -2.20. The van der Waals surface area contributed by atoms with Crippen LogP contribution in [0.15, 0.2) is 48.5 Å². The first-order valence-corrected chi connectivity index (χ1v) is 8.65. The van der Waals surface area contributed by atoms with Crippen LogP contribution in [-0.4, -0.2) is 38.1 Å². The molecule has 0 saturated carbocycles. The van der Waals surface area contributed by atoms with Crippen LogP contribution in [0.4, 0.5) is 5.69 Å². The number of anilines is 1. The molecule has 0 unspecified atom stereocenters. The van der Waals surface area contributed by atoms with Crippen molar-refractivity contribution in [2.24, 2.45) is 5.73 Å². The van der Waals surface area contributed by atoms with Crippen LogP contribution < -0.4 is 20.5 Å². The van der Waals surface area contributed by atoms with E-state index in [2.05, 4.69) is 5.32 Å².